The van der Waals surface area contributed by atoms with Crippen LogP contribution in [0.3, 0.4) is 0 Å². The van der Waals surface area contributed by atoms with E-state index in [-0.39, 0.29) is 24.1 Å². The molecule has 5 rings (SSSR count). The molecule has 32 heavy (non-hydrogen) atoms. The van der Waals surface area contributed by atoms with E-state index < -0.39 is 5.97 Å². The Hall–Kier alpha value is -4.26. The smallest absolute Gasteiger partial charge is 0.343 e. The highest BCUT2D eigenvalue weighted by Crippen LogP contribution is 2.38. The van der Waals surface area contributed by atoms with Crippen molar-refractivity contribution in [3.05, 3.63) is 82.6 Å². The predicted octanol–water partition coefficient (Wildman–Crippen LogP) is 4.57. The fourth-order valence-electron chi connectivity index (χ4n) is 3.65. The molecule has 0 amide bonds. The van der Waals surface area contributed by atoms with Crippen molar-refractivity contribution in [3.8, 4) is 28.7 Å². The van der Waals surface area contributed by atoms with E-state index in [2.05, 4.69) is 0 Å². The highest BCUT2D eigenvalue weighted by molar-refractivity contribution is 6.15. The van der Waals surface area contributed by atoms with Crippen LogP contribution in [0.1, 0.15) is 31.8 Å². The van der Waals surface area contributed by atoms with Crippen LogP contribution in [-0.2, 0) is 0 Å². The van der Waals surface area contributed by atoms with Crippen molar-refractivity contribution in [2.24, 2.45) is 0 Å². The van der Waals surface area contributed by atoms with Gasteiger partial charge in [0, 0.05) is 11.6 Å². The van der Waals surface area contributed by atoms with E-state index in [9.17, 15) is 9.59 Å². The van der Waals surface area contributed by atoms with Crippen LogP contribution < -0.4 is 23.7 Å². The standard InChI is InChI=1S/C25H18O7/c1-14-9-17(31-25(27)16-7-8-19-20(11-16)30-13-29-19)12-21-23(14)24(26)22(32-21)10-15-5-3-4-6-18(15)28-2/h3-12H,13H2,1-2H3/b22-10-. The number of methoxy groups -OCH3 is 1. The maximum absolute atomic E-state index is 12.9. The lowest BCUT2D eigenvalue weighted by atomic mass is 10.0. The molecule has 0 saturated heterocycles. The molecule has 0 atom stereocenters. The van der Waals surface area contributed by atoms with Crippen molar-refractivity contribution in [2.45, 2.75) is 6.92 Å². The molecular formula is C25H18O7. The highest BCUT2D eigenvalue weighted by Gasteiger charge is 2.30. The van der Waals surface area contributed by atoms with Gasteiger partial charge in [-0.1, -0.05) is 18.2 Å². The third kappa shape index (κ3) is 3.43. The van der Waals surface area contributed by atoms with Gasteiger partial charge in [0.1, 0.15) is 17.2 Å². The minimum atomic E-state index is -0.559. The fraction of sp³-hybridized carbons (Fsp3) is 0.120. The highest BCUT2D eigenvalue weighted by atomic mass is 16.7. The Morgan fingerprint density at radius 1 is 1.00 bits per heavy atom. The van der Waals surface area contributed by atoms with Crippen molar-refractivity contribution < 1.29 is 33.3 Å². The summed E-state index contributed by atoms with van der Waals surface area (Å²) in [4.78, 5) is 25.5. The molecule has 0 unspecified atom stereocenters. The first-order chi connectivity index (χ1) is 15.5. The van der Waals surface area contributed by atoms with Crippen LogP contribution in [0, 0.1) is 6.92 Å². The maximum atomic E-state index is 12.9. The number of carbonyl (C=O) groups is 2. The quantitative estimate of drug-likeness (QED) is 0.341. The topological polar surface area (TPSA) is 80.3 Å². The van der Waals surface area contributed by atoms with Crippen LogP contribution >= 0.6 is 0 Å². The molecule has 2 aliphatic heterocycles. The summed E-state index contributed by atoms with van der Waals surface area (Å²) in [6.45, 7) is 1.89. The van der Waals surface area contributed by atoms with E-state index in [1.54, 1.807) is 50.4 Å². The summed E-state index contributed by atoms with van der Waals surface area (Å²) in [5.41, 5.74) is 2.12. The molecule has 160 valence electrons. The third-order valence-corrected chi connectivity index (χ3v) is 5.19. The average molecular weight is 430 g/mol. The number of esters is 1. The van der Waals surface area contributed by atoms with Crippen molar-refractivity contribution >= 4 is 17.8 Å². The molecule has 0 N–H and O–H groups in total. The summed E-state index contributed by atoms with van der Waals surface area (Å²) < 4.78 is 27.2. The molecule has 7 nitrogen and oxygen atoms in total. The lowest BCUT2D eigenvalue weighted by molar-refractivity contribution is 0.0734. The van der Waals surface area contributed by atoms with E-state index in [0.717, 1.165) is 5.56 Å². The Labute approximate surface area is 183 Å². The molecule has 0 bridgehead atoms. The van der Waals surface area contributed by atoms with E-state index in [4.69, 9.17) is 23.7 Å². The van der Waals surface area contributed by atoms with E-state index in [1.165, 1.54) is 6.07 Å². The van der Waals surface area contributed by atoms with Gasteiger partial charge in [0.25, 0.3) is 0 Å². The van der Waals surface area contributed by atoms with Crippen LogP contribution in [0.25, 0.3) is 6.08 Å². The molecule has 0 radical (unpaired) electrons. The zero-order valence-corrected chi connectivity index (χ0v) is 17.3. The first kappa shape index (κ1) is 19.7. The van der Waals surface area contributed by atoms with Gasteiger partial charge >= 0.3 is 5.97 Å². The normalized spacial score (nSPS) is 14.8. The summed E-state index contributed by atoms with van der Waals surface area (Å²) >= 11 is 0. The largest absolute Gasteiger partial charge is 0.496 e. The number of aryl methyl sites for hydroxylation is 1. The maximum Gasteiger partial charge on any atom is 0.343 e. The number of carbonyl (C=O) groups excluding carboxylic acids is 2. The van der Waals surface area contributed by atoms with Crippen molar-refractivity contribution in [2.75, 3.05) is 13.9 Å². The fourth-order valence-corrected chi connectivity index (χ4v) is 3.65. The van der Waals surface area contributed by atoms with Crippen molar-refractivity contribution in [3.63, 3.8) is 0 Å². The van der Waals surface area contributed by atoms with Gasteiger partial charge in [0.2, 0.25) is 12.6 Å². The summed E-state index contributed by atoms with van der Waals surface area (Å²) in [6, 6.07) is 15.3. The molecule has 3 aromatic carbocycles. The van der Waals surface area contributed by atoms with Crippen molar-refractivity contribution in [1.29, 1.82) is 0 Å². The molecule has 0 aromatic heterocycles. The molecule has 3 aromatic rings. The SMILES string of the molecule is COc1ccccc1/C=C1\Oc2cc(OC(=O)c3ccc4c(c3)OCO4)cc(C)c2C1=O. The molecular weight excluding hydrogens is 412 g/mol. The zero-order valence-electron chi connectivity index (χ0n) is 17.3. The summed E-state index contributed by atoms with van der Waals surface area (Å²) in [5, 5.41) is 0. The van der Waals surface area contributed by atoms with Gasteiger partial charge in [-0.25, -0.2) is 4.79 Å². The summed E-state index contributed by atoms with van der Waals surface area (Å²) in [7, 11) is 1.56. The van der Waals surface area contributed by atoms with Gasteiger partial charge in [-0.2, -0.15) is 0 Å². The monoisotopic (exact) mass is 430 g/mol. The Kier molecular flexibility index (Phi) is 4.78. The predicted molar refractivity (Wildman–Crippen MR) is 115 cm³/mol. The van der Waals surface area contributed by atoms with Crippen molar-refractivity contribution in [1.82, 2.24) is 0 Å². The molecule has 7 heteroatoms. The second-order valence-corrected chi connectivity index (χ2v) is 7.25. The van der Waals surface area contributed by atoms with E-state index in [0.29, 0.717) is 39.7 Å². The van der Waals surface area contributed by atoms with Gasteiger partial charge in [0.15, 0.2) is 17.3 Å². The summed E-state index contributed by atoms with van der Waals surface area (Å²) in [5.74, 6) is 1.68. The lowest BCUT2D eigenvalue weighted by Crippen LogP contribution is -2.08. The number of hydrogen-bond donors (Lipinski definition) is 0. The number of ketones is 1. The second kappa shape index (κ2) is 7.77. The lowest BCUT2D eigenvalue weighted by Gasteiger charge is -2.08. The third-order valence-electron chi connectivity index (χ3n) is 5.19. The Morgan fingerprint density at radius 2 is 1.81 bits per heavy atom. The Balaban J connectivity index is 1.41. The number of Topliss-reactive ketones (excluding diaryl/α,β-unsaturated/α-hetero) is 1. The van der Waals surface area contributed by atoms with Crippen LogP contribution in [0.2, 0.25) is 0 Å². The van der Waals surface area contributed by atoms with Gasteiger partial charge in [0.05, 0.1) is 18.2 Å². The number of benzene rings is 3. The number of hydrogen-bond acceptors (Lipinski definition) is 7. The minimum Gasteiger partial charge on any atom is -0.496 e. The number of ether oxygens (including phenoxy) is 5. The first-order valence-corrected chi connectivity index (χ1v) is 9.87. The van der Waals surface area contributed by atoms with Crippen LogP contribution in [-0.4, -0.2) is 25.7 Å². The zero-order chi connectivity index (χ0) is 22.2. The van der Waals surface area contributed by atoms with Gasteiger partial charge in [-0.05, 0) is 48.9 Å². The van der Waals surface area contributed by atoms with E-state index in [1.807, 2.05) is 18.2 Å². The van der Waals surface area contributed by atoms with E-state index >= 15 is 0 Å². The Bertz CT molecular complexity index is 1290. The van der Waals surface area contributed by atoms with Gasteiger partial charge < -0.3 is 23.7 Å². The number of rotatable bonds is 4. The molecule has 0 spiro atoms. The molecule has 2 aliphatic rings. The van der Waals surface area contributed by atoms with Gasteiger partial charge in [-0.15, -0.1) is 0 Å². The first-order valence-electron chi connectivity index (χ1n) is 9.87. The second-order valence-electron chi connectivity index (χ2n) is 7.25. The number of fused-ring (bicyclic) bond motifs is 2. The molecule has 0 aliphatic carbocycles. The minimum absolute atomic E-state index is 0.119. The Morgan fingerprint density at radius 3 is 2.66 bits per heavy atom. The number of para-hydroxylation sites is 1. The molecule has 0 fully saturated rings. The van der Waals surface area contributed by atoms with Crippen LogP contribution in [0.4, 0.5) is 0 Å². The molecule has 2 heterocycles. The van der Waals surface area contributed by atoms with Crippen LogP contribution in [0.5, 0.6) is 28.7 Å². The van der Waals surface area contributed by atoms with Crippen LogP contribution in [0.15, 0.2) is 60.4 Å². The molecule has 0 saturated carbocycles. The van der Waals surface area contributed by atoms with Gasteiger partial charge in [-0.3, -0.25) is 4.79 Å². The average Bonchev–Trinajstić information content (AvgIpc) is 3.38. The summed E-state index contributed by atoms with van der Waals surface area (Å²) in [6.07, 6.45) is 1.64. The number of allylic oxidation sites excluding steroid dienone is 1.